The molecule has 3 heteroatoms. The fourth-order valence-electron chi connectivity index (χ4n) is 1.68. The lowest BCUT2D eigenvalue weighted by molar-refractivity contribution is 0.316. The van der Waals surface area contributed by atoms with E-state index in [9.17, 15) is 10.2 Å². The van der Waals surface area contributed by atoms with Gasteiger partial charge in [0.15, 0.2) is 11.5 Å². The Hall–Kier alpha value is -2.16. The standard InChI is InChI=1S/C14H14O3/c1-2-17-14-9-12(15)11(8-13(14)16)10-6-4-3-5-7-10/h3-9,15-16H,2H2,1H3. The number of aromatic hydroxyl groups is 2. The first kappa shape index (κ1) is 11.3. The monoisotopic (exact) mass is 230 g/mol. The van der Waals surface area contributed by atoms with Crippen LogP contribution in [0.5, 0.6) is 17.2 Å². The predicted octanol–water partition coefficient (Wildman–Crippen LogP) is 3.16. The van der Waals surface area contributed by atoms with Gasteiger partial charge in [-0.2, -0.15) is 0 Å². The Labute approximate surface area is 99.9 Å². The van der Waals surface area contributed by atoms with Crippen LogP contribution in [0.1, 0.15) is 6.92 Å². The van der Waals surface area contributed by atoms with Crippen LogP contribution in [-0.2, 0) is 0 Å². The van der Waals surface area contributed by atoms with Crippen molar-refractivity contribution in [3.8, 4) is 28.4 Å². The van der Waals surface area contributed by atoms with E-state index in [1.807, 2.05) is 37.3 Å². The summed E-state index contributed by atoms with van der Waals surface area (Å²) in [5, 5.41) is 19.7. The van der Waals surface area contributed by atoms with Crippen LogP contribution in [0.15, 0.2) is 42.5 Å². The molecule has 88 valence electrons. The lowest BCUT2D eigenvalue weighted by atomic mass is 10.0. The third-order valence-electron chi connectivity index (χ3n) is 2.46. The highest BCUT2D eigenvalue weighted by Gasteiger charge is 2.10. The van der Waals surface area contributed by atoms with Gasteiger partial charge in [-0.25, -0.2) is 0 Å². The van der Waals surface area contributed by atoms with Crippen molar-refractivity contribution in [3.05, 3.63) is 42.5 Å². The van der Waals surface area contributed by atoms with Gasteiger partial charge in [0.1, 0.15) is 5.75 Å². The SMILES string of the molecule is CCOc1cc(O)c(-c2ccccc2)cc1O. The van der Waals surface area contributed by atoms with E-state index < -0.39 is 0 Å². The van der Waals surface area contributed by atoms with Gasteiger partial charge >= 0.3 is 0 Å². The molecule has 2 aromatic carbocycles. The molecule has 2 N–H and O–H groups in total. The summed E-state index contributed by atoms with van der Waals surface area (Å²) in [7, 11) is 0. The summed E-state index contributed by atoms with van der Waals surface area (Å²) in [5.41, 5.74) is 1.44. The van der Waals surface area contributed by atoms with Crippen molar-refractivity contribution >= 4 is 0 Å². The van der Waals surface area contributed by atoms with Crippen LogP contribution in [-0.4, -0.2) is 16.8 Å². The number of rotatable bonds is 3. The van der Waals surface area contributed by atoms with Gasteiger partial charge in [-0.05, 0) is 18.6 Å². The molecule has 0 amide bonds. The maximum absolute atomic E-state index is 9.90. The highest BCUT2D eigenvalue weighted by molar-refractivity contribution is 5.73. The summed E-state index contributed by atoms with van der Waals surface area (Å²) in [4.78, 5) is 0. The van der Waals surface area contributed by atoms with Crippen molar-refractivity contribution in [2.24, 2.45) is 0 Å². The molecule has 0 aliphatic rings. The normalized spacial score (nSPS) is 10.2. The lowest BCUT2D eigenvalue weighted by Gasteiger charge is -2.10. The number of phenolic OH excluding ortho intramolecular Hbond substituents is 2. The van der Waals surface area contributed by atoms with Crippen LogP contribution in [0.25, 0.3) is 11.1 Å². The third kappa shape index (κ3) is 2.33. The molecule has 0 heterocycles. The number of hydrogen-bond donors (Lipinski definition) is 2. The summed E-state index contributed by atoms with van der Waals surface area (Å²) < 4.78 is 5.20. The Kier molecular flexibility index (Phi) is 3.19. The summed E-state index contributed by atoms with van der Waals surface area (Å²) in [6.07, 6.45) is 0. The van der Waals surface area contributed by atoms with Gasteiger partial charge in [-0.1, -0.05) is 30.3 Å². The smallest absolute Gasteiger partial charge is 0.164 e. The molecule has 0 atom stereocenters. The fourth-order valence-corrected chi connectivity index (χ4v) is 1.68. The molecule has 0 spiro atoms. The lowest BCUT2D eigenvalue weighted by Crippen LogP contribution is -1.92. The van der Waals surface area contributed by atoms with Crippen molar-refractivity contribution in [2.45, 2.75) is 6.92 Å². The van der Waals surface area contributed by atoms with Gasteiger partial charge in [0.25, 0.3) is 0 Å². The zero-order valence-electron chi connectivity index (χ0n) is 9.55. The zero-order valence-corrected chi connectivity index (χ0v) is 9.55. The molecule has 0 saturated heterocycles. The largest absolute Gasteiger partial charge is 0.507 e. The van der Waals surface area contributed by atoms with Crippen LogP contribution in [0.2, 0.25) is 0 Å². The van der Waals surface area contributed by atoms with Crippen LogP contribution in [0.4, 0.5) is 0 Å². The van der Waals surface area contributed by atoms with E-state index in [4.69, 9.17) is 4.74 Å². The van der Waals surface area contributed by atoms with Crippen LogP contribution >= 0.6 is 0 Å². The summed E-state index contributed by atoms with van der Waals surface area (Å²) >= 11 is 0. The first-order valence-electron chi connectivity index (χ1n) is 5.46. The summed E-state index contributed by atoms with van der Waals surface area (Å²) in [6.45, 7) is 2.26. The molecule has 2 aromatic rings. The van der Waals surface area contributed by atoms with E-state index in [0.717, 1.165) is 5.56 Å². The Morgan fingerprint density at radius 2 is 1.71 bits per heavy atom. The summed E-state index contributed by atoms with van der Waals surface area (Å²) in [5.74, 6) is 0.422. The minimum atomic E-state index is 0.0310. The van der Waals surface area contributed by atoms with E-state index in [1.54, 1.807) is 0 Å². The second kappa shape index (κ2) is 4.78. The van der Waals surface area contributed by atoms with Crippen LogP contribution in [0, 0.1) is 0 Å². The van der Waals surface area contributed by atoms with Crippen molar-refractivity contribution in [1.29, 1.82) is 0 Å². The second-order valence-electron chi connectivity index (χ2n) is 3.64. The quantitative estimate of drug-likeness (QED) is 0.796. The molecule has 0 fully saturated rings. The van der Waals surface area contributed by atoms with Gasteiger partial charge in [0, 0.05) is 11.6 Å². The first-order valence-corrected chi connectivity index (χ1v) is 5.46. The maximum atomic E-state index is 9.90. The predicted molar refractivity (Wildman–Crippen MR) is 66.4 cm³/mol. The van der Waals surface area contributed by atoms with Gasteiger partial charge < -0.3 is 14.9 Å². The molecular formula is C14H14O3. The average molecular weight is 230 g/mol. The topological polar surface area (TPSA) is 49.7 Å². The van der Waals surface area contributed by atoms with Crippen molar-refractivity contribution in [2.75, 3.05) is 6.61 Å². The molecule has 0 bridgehead atoms. The van der Waals surface area contributed by atoms with Crippen molar-refractivity contribution in [1.82, 2.24) is 0 Å². The molecule has 0 saturated carbocycles. The van der Waals surface area contributed by atoms with Crippen LogP contribution in [0.3, 0.4) is 0 Å². The van der Waals surface area contributed by atoms with E-state index in [1.165, 1.54) is 12.1 Å². The molecule has 0 aliphatic carbocycles. The van der Waals surface area contributed by atoms with E-state index in [0.29, 0.717) is 17.9 Å². The minimum Gasteiger partial charge on any atom is -0.507 e. The maximum Gasteiger partial charge on any atom is 0.164 e. The highest BCUT2D eigenvalue weighted by atomic mass is 16.5. The van der Waals surface area contributed by atoms with E-state index in [-0.39, 0.29) is 11.5 Å². The second-order valence-corrected chi connectivity index (χ2v) is 3.64. The van der Waals surface area contributed by atoms with Crippen molar-refractivity contribution < 1.29 is 14.9 Å². The van der Waals surface area contributed by atoms with E-state index in [2.05, 4.69) is 0 Å². The average Bonchev–Trinajstić information content (AvgIpc) is 2.35. The molecule has 0 radical (unpaired) electrons. The van der Waals surface area contributed by atoms with E-state index >= 15 is 0 Å². The van der Waals surface area contributed by atoms with Gasteiger partial charge in [-0.15, -0.1) is 0 Å². The highest BCUT2D eigenvalue weighted by Crippen LogP contribution is 2.38. The van der Waals surface area contributed by atoms with Gasteiger partial charge in [-0.3, -0.25) is 0 Å². The molecule has 0 aliphatic heterocycles. The Morgan fingerprint density at radius 3 is 2.35 bits per heavy atom. The molecular weight excluding hydrogens is 216 g/mol. The van der Waals surface area contributed by atoms with Crippen LogP contribution < -0.4 is 4.74 Å². The summed E-state index contributed by atoms with van der Waals surface area (Å²) in [6, 6.07) is 12.3. The molecule has 2 rings (SSSR count). The molecule has 17 heavy (non-hydrogen) atoms. The minimum absolute atomic E-state index is 0.0310. The van der Waals surface area contributed by atoms with Crippen molar-refractivity contribution in [3.63, 3.8) is 0 Å². The number of ether oxygens (including phenoxy) is 1. The molecule has 3 nitrogen and oxygen atoms in total. The Morgan fingerprint density at radius 1 is 1.00 bits per heavy atom. The fraction of sp³-hybridized carbons (Fsp3) is 0.143. The molecule has 0 unspecified atom stereocenters. The number of benzene rings is 2. The van der Waals surface area contributed by atoms with Gasteiger partial charge in [0.2, 0.25) is 0 Å². The third-order valence-corrected chi connectivity index (χ3v) is 2.46. The first-order chi connectivity index (χ1) is 8.22. The zero-order chi connectivity index (χ0) is 12.3. The number of hydrogen-bond acceptors (Lipinski definition) is 3. The Bertz CT molecular complexity index is 506. The Balaban J connectivity index is 2.47. The number of phenols is 2. The molecule has 0 aromatic heterocycles. The van der Waals surface area contributed by atoms with Gasteiger partial charge in [0.05, 0.1) is 6.61 Å².